The summed E-state index contributed by atoms with van der Waals surface area (Å²) in [6.07, 6.45) is 0. The molecule has 1 N–H and O–H groups in total. The van der Waals surface area contributed by atoms with E-state index in [9.17, 15) is 4.79 Å². The van der Waals surface area contributed by atoms with Crippen molar-refractivity contribution in [3.05, 3.63) is 33.4 Å². The molecule has 0 bridgehead atoms. The van der Waals surface area contributed by atoms with Gasteiger partial charge in [-0.05, 0) is 18.2 Å². The maximum atomic E-state index is 11.0. The second kappa shape index (κ2) is 3.91. The van der Waals surface area contributed by atoms with E-state index < -0.39 is 0 Å². The Morgan fingerprint density at radius 2 is 2.36 bits per heavy atom. The van der Waals surface area contributed by atoms with Gasteiger partial charge in [0, 0.05) is 5.56 Å². The molecule has 1 aromatic heterocycles. The number of nitrogens with one attached hydrogen (secondary N) is 1. The molecule has 2 aromatic rings. The molecule has 2 nitrogen and oxygen atoms in total. The molecule has 0 unspecified atom stereocenters. The SMILES string of the molecule is O=c1[nH]c2ccc(C#CCS)cc2s1. The van der Waals surface area contributed by atoms with E-state index in [1.54, 1.807) is 0 Å². The number of fused-ring (bicyclic) bond motifs is 1. The third-order valence-corrected chi connectivity index (χ3v) is 2.74. The summed E-state index contributed by atoms with van der Waals surface area (Å²) >= 11 is 5.20. The second-order valence-corrected chi connectivity index (χ2v) is 4.02. The highest BCUT2D eigenvalue weighted by atomic mass is 32.1. The number of benzene rings is 1. The molecule has 0 spiro atoms. The molecule has 14 heavy (non-hydrogen) atoms. The van der Waals surface area contributed by atoms with Crippen molar-refractivity contribution in [3.8, 4) is 11.8 Å². The van der Waals surface area contributed by atoms with Gasteiger partial charge in [-0.2, -0.15) is 12.6 Å². The first-order valence-electron chi connectivity index (χ1n) is 4.02. The van der Waals surface area contributed by atoms with Gasteiger partial charge < -0.3 is 4.98 Å². The molecule has 2 rings (SSSR count). The largest absolute Gasteiger partial charge is 0.312 e. The van der Waals surface area contributed by atoms with E-state index in [-0.39, 0.29) is 4.87 Å². The summed E-state index contributed by atoms with van der Waals surface area (Å²) in [5.74, 6) is 6.37. The van der Waals surface area contributed by atoms with Gasteiger partial charge in [0.25, 0.3) is 0 Å². The number of H-pyrrole nitrogens is 1. The average molecular weight is 221 g/mol. The number of thiazole rings is 1. The maximum absolute atomic E-state index is 11.0. The van der Waals surface area contributed by atoms with Crippen LogP contribution in [0.3, 0.4) is 0 Å². The summed E-state index contributed by atoms with van der Waals surface area (Å²) in [6.45, 7) is 0. The van der Waals surface area contributed by atoms with E-state index in [1.807, 2.05) is 18.2 Å². The van der Waals surface area contributed by atoms with Crippen LogP contribution in [0.15, 0.2) is 23.0 Å². The Kier molecular flexibility index (Phi) is 2.62. The molecule has 0 radical (unpaired) electrons. The van der Waals surface area contributed by atoms with Crippen LogP contribution in [-0.2, 0) is 0 Å². The Bertz CT molecular complexity index is 571. The van der Waals surface area contributed by atoms with Crippen LogP contribution in [0.4, 0.5) is 0 Å². The third kappa shape index (κ3) is 1.84. The van der Waals surface area contributed by atoms with E-state index in [1.165, 1.54) is 11.3 Å². The van der Waals surface area contributed by atoms with Gasteiger partial charge in [0.1, 0.15) is 0 Å². The fourth-order valence-corrected chi connectivity index (χ4v) is 2.02. The van der Waals surface area contributed by atoms with Crippen molar-refractivity contribution in [1.82, 2.24) is 4.98 Å². The van der Waals surface area contributed by atoms with Crippen LogP contribution in [0.5, 0.6) is 0 Å². The molecule has 0 saturated heterocycles. The van der Waals surface area contributed by atoms with Crippen molar-refractivity contribution in [2.45, 2.75) is 0 Å². The highest BCUT2D eigenvalue weighted by Gasteiger charge is 1.98. The number of hydrogen-bond donors (Lipinski definition) is 2. The molecule has 0 fully saturated rings. The number of aromatic amines is 1. The number of hydrogen-bond acceptors (Lipinski definition) is 3. The van der Waals surface area contributed by atoms with Gasteiger partial charge in [-0.25, -0.2) is 0 Å². The lowest BCUT2D eigenvalue weighted by molar-refractivity contribution is 1.41. The van der Waals surface area contributed by atoms with Crippen LogP contribution in [0.2, 0.25) is 0 Å². The van der Waals surface area contributed by atoms with Crippen molar-refractivity contribution in [2.24, 2.45) is 0 Å². The van der Waals surface area contributed by atoms with Crippen molar-refractivity contribution in [2.75, 3.05) is 5.75 Å². The summed E-state index contributed by atoms with van der Waals surface area (Å²) in [5.41, 5.74) is 1.79. The first-order valence-corrected chi connectivity index (χ1v) is 5.47. The molecule has 1 aromatic carbocycles. The minimum Gasteiger partial charge on any atom is -0.312 e. The molecule has 0 aliphatic carbocycles. The smallest absolute Gasteiger partial charge is 0.305 e. The first-order chi connectivity index (χ1) is 6.79. The molecular formula is C10H7NOS2. The fraction of sp³-hybridized carbons (Fsp3) is 0.100. The van der Waals surface area contributed by atoms with Gasteiger partial charge >= 0.3 is 4.87 Å². The molecular weight excluding hydrogens is 214 g/mol. The van der Waals surface area contributed by atoms with E-state index in [2.05, 4.69) is 29.5 Å². The molecule has 0 atom stereocenters. The summed E-state index contributed by atoms with van der Waals surface area (Å²) in [5, 5.41) is 0. The first kappa shape index (κ1) is 9.38. The number of aromatic nitrogens is 1. The predicted octanol–water partition coefficient (Wildman–Crippen LogP) is 1.87. The van der Waals surface area contributed by atoms with Crippen molar-refractivity contribution in [1.29, 1.82) is 0 Å². The Balaban J connectivity index is 2.55. The molecule has 1 heterocycles. The van der Waals surface area contributed by atoms with Crippen LogP contribution in [0.1, 0.15) is 5.56 Å². The highest BCUT2D eigenvalue weighted by molar-refractivity contribution is 7.80. The maximum Gasteiger partial charge on any atom is 0.305 e. The van der Waals surface area contributed by atoms with Crippen LogP contribution in [-0.4, -0.2) is 10.7 Å². The molecule has 4 heteroatoms. The average Bonchev–Trinajstić information content (AvgIpc) is 2.54. The minimum atomic E-state index is -0.0284. The van der Waals surface area contributed by atoms with E-state index in [4.69, 9.17) is 0 Å². The quantitative estimate of drug-likeness (QED) is 0.516. The Hall–Kier alpha value is -1.18. The zero-order valence-corrected chi connectivity index (χ0v) is 8.91. The zero-order valence-electron chi connectivity index (χ0n) is 7.20. The van der Waals surface area contributed by atoms with Gasteiger partial charge in [0.05, 0.1) is 16.0 Å². The van der Waals surface area contributed by atoms with Crippen molar-refractivity contribution in [3.63, 3.8) is 0 Å². The summed E-state index contributed by atoms with van der Waals surface area (Å²) < 4.78 is 0.945. The molecule has 0 saturated carbocycles. The predicted molar refractivity (Wildman–Crippen MR) is 63.2 cm³/mol. The lowest BCUT2D eigenvalue weighted by Gasteiger charge is -1.89. The van der Waals surface area contributed by atoms with E-state index >= 15 is 0 Å². The number of rotatable bonds is 0. The van der Waals surface area contributed by atoms with E-state index in [0.29, 0.717) is 5.75 Å². The zero-order chi connectivity index (χ0) is 9.97. The third-order valence-electron chi connectivity index (χ3n) is 1.73. The molecule has 0 amide bonds. The summed E-state index contributed by atoms with van der Waals surface area (Å²) in [7, 11) is 0. The van der Waals surface area contributed by atoms with Crippen LogP contribution >= 0.6 is 24.0 Å². The van der Waals surface area contributed by atoms with Gasteiger partial charge in [0.15, 0.2) is 0 Å². The fourth-order valence-electron chi connectivity index (χ4n) is 1.16. The Morgan fingerprint density at radius 1 is 1.50 bits per heavy atom. The second-order valence-electron chi connectivity index (χ2n) is 2.69. The summed E-state index contributed by atoms with van der Waals surface area (Å²) in [4.78, 5) is 13.7. The lowest BCUT2D eigenvalue weighted by atomic mass is 10.2. The van der Waals surface area contributed by atoms with Gasteiger partial charge in [-0.3, -0.25) is 4.79 Å². The topological polar surface area (TPSA) is 32.9 Å². The minimum absolute atomic E-state index is 0.0284. The molecule has 0 aliphatic heterocycles. The van der Waals surface area contributed by atoms with Gasteiger partial charge in [-0.1, -0.05) is 23.2 Å². The Labute approximate surface area is 90.4 Å². The monoisotopic (exact) mass is 221 g/mol. The van der Waals surface area contributed by atoms with Gasteiger partial charge in [0.2, 0.25) is 0 Å². The molecule has 70 valence electrons. The standard InChI is InChI=1S/C10H7NOS2/c12-10-11-8-4-3-7(2-1-5-13)6-9(8)14-10/h3-4,6,13H,5H2,(H,11,12). The highest BCUT2D eigenvalue weighted by Crippen LogP contribution is 2.15. The molecule has 0 aliphatic rings. The van der Waals surface area contributed by atoms with Crippen LogP contribution < -0.4 is 4.87 Å². The van der Waals surface area contributed by atoms with E-state index in [0.717, 1.165) is 15.8 Å². The summed E-state index contributed by atoms with van der Waals surface area (Å²) in [6, 6.07) is 5.67. The lowest BCUT2D eigenvalue weighted by Crippen LogP contribution is -1.89. The Morgan fingerprint density at radius 3 is 3.14 bits per heavy atom. The van der Waals surface area contributed by atoms with Crippen LogP contribution in [0.25, 0.3) is 10.2 Å². The van der Waals surface area contributed by atoms with Crippen molar-refractivity contribution >= 4 is 34.2 Å². The van der Waals surface area contributed by atoms with Crippen molar-refractivity contribution < 1.29 is 0 Å². The normalized spacial score (nSPS) is 9.79. The number of thiol groups is 1. The van der Waals surface area contributed by atoms with Gasteiger partial charge in [-0.15, -0.1) is 0 Å². The van der Waals surface area contributed by atoms with Crippen LogP contribution in [0, 0.1) is 11.8 Å².